The fourth-order valence-corrected chi connectivity index (χ4v) is 3.97. The van der Waals surface area contributed by atoms with Gasteiger partial charge in [0, 0.05) is 38.4 Å². The van der Waals surface area contributed by atoms with E-state index in [-0.39, 0.29) is 0 Å². The lowest BCUT2D eigenvalue weighted by atomic mass is 9.99. The summed E-state index contributed by atoms with van der Waals surface area (Å²) in [4.78, 5) is 18.8. The van der Waals surface area contributed by atoms with Crippen molar-refractivity contribution >= 4 is 17.4 Å². The van der Waals surface area contributed by atoms with Crippen LogP contribution in [0.1, 0.15) is 55.9 Å². The van der Waals surface area contributed by atoms with E-state index < -0.39 is 0 Å². The molecule has 0 spiro atoms. The summed E-state index contributed by atoms with van der Waals surface area (Å²) in [7, 11) is 4.03. The van der Waals surface area contributed by atoms with Crippen molar-refractivity contribution in [1.82, 2.24) is 24.6 Å². The van der Waals surface area contributed by atoms with Crippen molar-refractivity contribution in [3.63, 3.8) is 0 Å². The molecule has 0 saturated heterocycles. The molecule has 7 nitrogen and oxygen atoms in total. The fourth-order valence-electron chi connectivity index (χ4n) is 3.97. The maximum atomic E-state index is 4.89. The molecule has 3 aromatic rings. The van der Waals surface area contributed by atoms with Crippen LogP contribution >= 0.6 is 0 Å². The zero-order valence-corrected chi connectivity index (χ0v) is 19.7. The van der Waals surface area contributed by atoms with Gasteiger partial charge in [-0.15, -0.1) is 0 Å². The summed E-state index contributed by atoms with van der Waals surface area (Å²) < 4.78 is 1.93. The molecule has 0 N–H and O–H groups in total. The number of rotatable bonds is 8. The highest BCUT2D eigenvalue weighted by atomic mass is 15.4. The Morgan fingerprint density at radius 2 is 1.60 bits per heavy atom. The zero-order valence-electron chi connectivity index (χ0n) is 19.7. The second-order valence-electron chi connectivity index (χ2n) is 8.26. The van der Waals surface area contributed by atoms with Crippen molar-refractivity contribution < 1.29 is 0 Å². The summed E-state index contributed by atoms with van der Waals surface area (Å²) in [5.41, 5.74) is 6.16. The van der Waals surface area contributed by atoms with Gasteiger partial charge in [-0.1, -0.05) is 20.3 Å². The second kappa shape index (κ2) is 8.98. The monoisotopic (exact) mass is 409 g/mol. The molecule has 0 aliphatic carbocycles. The van der Waals surface area contributed by atoms with E-state index in [1.807, 2.05) is 30.4 Å². The van der Waals surface area contributed by atoms with E-state index in [9.17, 15) is 0 Å². The number of aryl methyl sites for hydroxylation is 4. The van der Waals surface area contributed by atoms with Crippen LogP contribution in [0.15, 0.2) is 6.07 Å². The topological polar surface area (TPSA) is 62.5 Å². The highest BCUT2D eigenvalue weighted by Crippen LogP contribution is 2.34. The summed E-state index contributed by atoms with van der Waals surface area (Å²) in [6, 6.07) is 2.13. The van der Waals surface area contributed by atoms with Gasteiger partial charge in [0.05, 0.1) is 11.3 Å². The number of hydrogen-bond acceptors (Lipinski definition) is 6. The molecule has 0 bridgehead atoms. The molecular formula is C23H35N7. The number of pyridine rings is 1. The van der Waals surface area contributed by atoms with Gasteiger partial charge in [-0.3, -0.25) is 0 Å². The van der Waals surface area contributed by atoms with Crippen LogP contribution in [0.3, 0.4) is 0 Å². The fraction of sp³-hybridized carbons (Fsp3) is 0.565. The van der Waals surface area contributed by atoms with Crippen molar-refractivity contribution in [3.05, 3.63) is 28.8 Å². The molecule has 0 fully saturated rings. The Labute approximate surface area is 180 Å². The van der Waals surface area contributed by atoms with Gasteiger partial charge in [0.2, 0.25) is 5.95 Å². The zero-order chi connectivity index (χ0) is 22.0. The molecule has 30 heavy (non-hydrogen) atoms. The number of nitrogens with zero attached hydrogens (tertiary/aromatic N) is 7. The van der Waals surface area contributed by atoms with E-state index in [4.69, 9.17) is 20.1 Å². The van der Waals surface area contributed by atoms with Crippen LogP contribution in [0.25, 0.3) is 16.8 Å². The Kier molecular flexibility index (Phi) is 6.58. The molecule has 0 radical (unpaired) electrons. The summed E-state index contributed by atoms with van der Waals surface area (Å²) in [6.07, 6.45) is 3.35. The lowest BCUT2D eigenvalue weighted by Crippen LogP contribution is -2.29. The molecule has 3 aromatic heterocycles. The van der Waals surface area contributed by atoms with E-state index in [1.54, 1.807) is 0 Å². The van der Waals surface area contributed by atoms with Gasteiger partial charge in [-0.2, -0.15) is 14.6 Å². The normalized spacial score (nSPS) is 11.3. The minimum absolute atomic E-state index is 0.768. The average molecular weight is 410 g/mol. The molecule has 0 aliphatic heterocycles. The van der Waals surface area contributed by atoms with Gasteiger partial charge < -0.3 is 9.80 Å². The van der Waals surface area contributed by atoms with Crippen molar-refractivity contribution in [2.45, 2.75) is 60.8 Å². The van der Waals surface area contributed by atoms with Crippen molar-refractivity contribution in [2.75, 3.05) is 37.0 Å². The van der Waals surface area contributed by atoms with E-state index in [0.29, 0.717) is 0 Å². The molecule has 3 rings (SSSR count). The summed E-state index contributed by atoms with van der Waals surface area (Å²) in [5, 5.41) is 4.89. The first kappa shape index (κ1) is 22.0. The van der Waals surface area contributed by atoms with Gasteiger partial charge >= 0.3 is 0 Å². The Hall–Kier alpha value is -2.70. The predicted molar refractivity (Wildman–Crippen MR) is 125 cm³/mol. The van der Waals surface area contributed by atoms with Crippen LogP contribution in [0, 0.1) is 27.7 Å². The van der Waals surface area contributed by atoms with Crippen LogP contribution in [-0.2, 0) is 0 Å². The molecule has 0 aromatic carbocycles. The maximum Gasteiger partial charge on any atom is 0.230 e. The molecular weight excluding hydrogens is 374 g/mol. The largest absolute Gasteiger partial charge is 0.363 e. The maximum absolute atomic E-state index is 4.89. The number of anilines is 2. The van der Waals surface area contributed by atoms with Crippen molar-refractivity contribution in [2.24, 2.45) is 0 Å². The molecule has 0 aliphatic rings. The molecule has 0 unspecified atom stereocenters. The van der Waals surface area contributed by atoms with Crippen molar-refractivity contribution in [1.29, 1.82) is 0 Å². The third-order valence-corrected chi connectivity index (χ3v) is 5.41. The Balaban J connectivity index is 2.24. The lowest BCUT2D eigenvalue weighted by molar-refractivity contribution is 0.666. The summed E-state index contributed by atoms with van der Waals surface area (Å²) in [5.74, 6) is 2.61. The first-order chi connectivity index (χ1) is 14.3. The molecule has 0 amide bonds. The highest BCUT2D eigenvalue weighted by Gasteiger charge is 2.23. The second-order valence-corrected chi connectivity index (χ2v) is 8.26. The average Bonchev–Trinajstić information content (AvgIpc) is 3.00. The standard InChI is InChI=1S/C23H35N7/c1-9-11-13-29(12-10-2)23-26-18(6)25-22-21(17(5)27-30(22)23)20-15(3)14-19(28(7)8)24-16(20)4/h14H,9-13H2,1-8H3. The Morgan fingerprint density at radius 1 is 0.867 bits per heavy atom. The molecule has 162 valence electrons. The number of hydrogen-bond donors (Lipinski definition) is 0. The van der Waals surface area contributed by atoms with Gasteiger partial charge in [-0.05, 0) is 52.2 Å². The van der Waals surface area contributed by atoms with E-state index in [2.05, 4.69) is 45.6 Å². The first-order valence-electron chi connectivity index (χ1n) is 10.9. The smallest absolute Gasteiger partial charge is 0.230 e. The van der Waals surface area contributed by atoms with E-state index in [1.165, 1.54) is 5.56 Å². The summed E-state index contributed by atoms with van der Waals surface area (Å²) >= 11 is 0. The minimum Gasteiger partial charge on any atom is -0.363 e. The summed E-state index contributed by atoms with van der Waals surface area (Å²) in [6.45, 7) is 14.6. The van der Waals surface area contributed by atoms with E-state index in [0.717, 1.165) is 78.1 Å². The number of fused-ring (bicyclic) bond motifs is 1. The van der Waals surface area contributed by atoms with Crippen LogP contribution < -0.4 is 9.80 Å². The van der Waals surface area contributed by atoms with Gasteiger partial charge in [0.1, 0.15) is 11.6 Å². The third-order valence-electron chi connectivity index (χ3n) is 5.41. The third kappa shape index (κ3) is 4.11. The number of unbranched alkanes of at least 4 members (excludes halogenated alkanes) is 1. The van der Waals surface area contributed by atoms with Crippen LogP contribution in [0.5, 0.6) is 0 Å². The SMILES string of the molecule is CCCCN(CCC)c1nc(C)nc2c(-c3c(C)cc(N(C)C)nc3C)c(C)nn12. The molecule has 3 heterocycles. The van der Waals surface area contributed by atoms with Crippen LogP contribution in [0.4, 0.5) is 11.8 Å². The number of aromatic nitrogens is 5. The Bertz CT molecular complexity index is 1010. The van der Waals surface area contributed by atoms with Crippen molar-refractivity contribution in [3.8, 4) is 11.1 Å². The van der Waals surface area contributed by atoms with Gasteiger partial charge in [0.15, 0.2) is 5.65 Å². The molecule has 0 saturated carbocycles. The lowest BCUT2D eigenvalue weighted by Gasteiger charge is -2.23. The van der Waals surface area contributed by atoms with E-state index >= 15 is 0 Å². The van der Waals surface area contributed by atoms with Crippen LogP contribution in [0.2, 0.25) is 0 Å². The predicted octanol–water partition coefficient (Wildman–Crippen LogP) is 4.50. The Morgan fingerprint density at radius 3 is 2.20 bits per heavy atom. The van der Waals surface area contributed by atoms with Crippen LogP contribution in [-0.4, -0.2) is 51.8 Å². The van der Waals surface area contributed by atoms with Gasteiger partial charge in [-0.25, -0.2) is 9.97 Å². The molecule has 0 atom stereocenters. The van der Waals surface area contributed by atoms with Gasteiger partial charge in [0.25, 0.3) is 0 Å². The first-order valence-corrected chi connectivity index (χ1v) is 10.9. The highest BCUT2D eigenvalue weighted by molar-refractivity contribution is 5.84. The molecule has 7 heteroatoms. The minimum atomic E-state index is 0.768. The quantitative estimate of drug-likeness (QED) is 0.546.